The van der Waals surface area contributed by atoms with E-state index >= 15 is 0 Å². The lowest BCUT2D eigenvalue weighted by molar-refractivity contribution is 0.0246. The molecule has 0 spiro atoms. The molecule has 0 bridgehead atoms. The van der Waals surface area contributed by atoms with Gasteiger partial charge in [-0.1, -0.05) is 0 Å². The maximum absolute atomic E-state index is 9.80. The number of hydrogen-bond acceptors (Lipinski definition) is 2. The van der Waals surface area contributed by atoms with Gasteiger partial charge in [-0.3, -0.25) is 0 Å². The quantitative estimate of drug-likeness (QED) is 0.592. The van der Waals surface area contributed by atoms with Crippen molar-refractivity contribution >= 4 is 0 Å². The number of aliphatic hydroxyl groups excluding tert-OH is 1. The number of unbranched alkanes of at least 4 members (excludes halogenated alkanes) is 1. The van der Waals surface area contributed by atoms with Gasteiger partial charge in [0.1, 0.15) is 0 Å². The van der Waals surface area contributed by atoms with Gasteiger partial charge >= 0.3 is 0 Å². The van der Waals surface area contributed by atoms with Crippen molar-refractivity contribution in [3.05, 3.63) is 0 Å². The predicted octanol–water partition coefficient (Wildman–Crippen LogP) is 1.31. The lowest BCUT2D eigenvalue weighted by Crippen LogP contribution is -2.26. The Bertz CT molecular complexity index is 117. The summed E-state index contributed by atoms with van der Waals surface area (Å²) in [7, 11) is 0. The average Bonchev–Trinajstić information content (AvgIpc) is 2.68. The van der Waals surface area contributed by atoms with E-state index in [1.807, 2.05) is 6.92 Å². The molecular formula is C9H18O2. The molecule has 0 saturated heterocycles. The molecule has 0 aromatic rings. The van der Waals surface area contributed by atoms with Crippen LogP contribution in [0.2, 0.25) is 0 Å². The molecule has 66 valence electrons. The molecule has 2 heteroatoms. The van der Waals surface area contributed by atoms with Crippen molar-refractivity contribution in [3.63, 3.8) is 0 Å². The van der Waals surface area contributed by atoms with Gasteiger partial charge in [-0.25, -0.2) is 0 Å². The highest BCUT2D eigenvalue weighted by Crippen LogP contribution is 2.41. The first-order valence-corrected chi connectivity index (χ1v) is 4.50. The Morgan fingerprint density at radius 3 is 2.45 bits per heavy atom. The molecule has 1 aliphatic carbocycles. The normalized spacial score (nSPS) is 23.2. The Morgan fingerprint density at radius 2 is 2.00 bits per heavy atom. The Hall–Kier alpha value is -0.0800. The first-order chi connectivity index (χ1) is 5.17. The third kappa shape index (κ3) is 2.80. The smallest absolute Gasteiger partial charge is 0.0647 e. The molecule has 0 aromatic heterocycles. The molecule has 1 rings (SSSR count). The molecule has 2 N–H and O–H groups in total. The average molecular weight is 158 g/mol. The van der Waals surface area contributed by atoms with Crippen LogP contribution in [0.25, 0.3) is 0 Å². The molecule has 0 amide bonds. The van der Waals surface area contributed by atoms with E-state index in [4.69, 9.17) is 5.11 Å². The second-order valence-electron chi connectivity index (χ2n) is 3.81. The molecule has 1 saturated carbocycles. The first-order valence-electron chi connectivity index (χ1n) is 4.50. The van der Waals surface area contributed by atoms with Crippen LogP contribution in [0.5, 0.6) is 0 Å². The van der Waals surface area contributed by atoms with E-state index in [0.717, 1.165) is 19.3 Å². The molecule has 1 atom stereocenters. The molecule has 1 aliphatic rings. The van der Waals surface area contributed by atoms with Crippen molar-refractivity contribution in [2.75, 3.05) is 6.61 Å². The van der Waals surface area contributed by atoms with Crippen molar-refractivity contribution in [3.8, 4) is 0 Å². The third-order valence-corrected chi connectivity index (χ3v) is 2.55. The zero-order valence-corrected chi connectivity index (χ0v) is 7.21. The van der Waals surface area contributed by atoms with Crippen LogP contribution in [-0.4, -0.2) is 22.4 Å². The van der Waals surface area contributed by atoms with Crippen LogP contribution in [-0.2, 0) is 0 Å². The summed E-state index contributed by atoms with van der Waals surface area (Å²) in [5.41, 5.74) is -0.449. The minimum absolute atomic E-state index is 0.251. The van der Waals surface area contributed by atoms with Crippen LogP contribution in [0.4, 0.5) is 0 Å². The van der Waals surface area contributed by atoms with Gasteiger partial charge in [0.25, 0.3) is 0 Å². The van der Waals surface area contributed by atoms with Gasteiger partial charge in [-0.15, -0.1) is 0 Å². The summed E-state index contributed by atoms with van der Waals surface area (Å²) < 4.78 is 0. The van der Waals surface area contributed by atoms with E-state index < -0.39 is 5.60 Å². The van der Waals surface area contributed by atoms with Crippen LogP contribution >= 0.6 is 0 Å². The predicted molar refractivity (Wildman–Crippen MR) is 44.3 cm³/mol. The fourth-order valence-corrected chi connectivity index (χ4v) is 1.50. The minimum atomic E-state index is -0.449. The van der Waals surface area contributed by atoms with Crippen LogP contribution < -0.4 is 0 Å². The second-order valence-corrected chi connectivity index (χ2v) is 3.81. The molecule has 1 fully saturated rings. The van der Waals surface area contributed by atoms with Gasteiger partial charge < -0.3 is 10.2 Å². The van der Waals surface area contributed by atoms with Crippen molar-refractivity contribution in [1.29, 1.82) is 0 Å². The molecule has 0 aliphatic heterocycles. The van der Waals surface area contributed by atoms with E-state index in [2.05, 4.69) is 0 Å². The topological polar surface area (TPSA) is 40.5 Å². The summed E-state index contributed by atoms with van der Waals surface area (Å²) in [6.45, 7) is 2.17. The van der Waals surface area contributed by atoms with Crippen LogP contribution in [0, 0.1) is 5.92 Å². The molecule has 2 nitrogen and oxygen atoms in total. The summed E-state index contributed by atoms with van der Waals surface area (Å²) in [4.78, 5) is 0. The van der Waals surface area contributed by atoms with Crippen LogP contribution in [0.3, 0.4) is 0 Å². The second kappa shape index (κ2) is 3.55. The van der Waals surface area contributed by atoms with E-state index in [1.54, 1.807) is 0 Å². The van der Waals surface area contributed by atoms with Gasteiger partial charge in [0.05, 0.1) is 5.60 Å². The molecule has 0 heterocycles. The maximum atomic E-state index is 9.80. The van der Waals surface area contributed by atoms with Gasteiger partial charge in [0.15, 0.2) is 0 Å². The molecular weight excluding hydrogens is 140 g/mol. The Kier molecular flexibility index (Phi) is 2.90. The van der Waals surface area contributed by atoms with Crippen LogP contribution in [0.1, 0.15) is 39.0 Å². The molecule has 0 aromatic carbocycles. The summed E-state index contributed by atoms with van der Waals surface area (Å²) in [6, 6.07) is 0. The van der Waals surface area contributed by atoms with E-state index in [-0.39, 0.29) is 6.61 Å². The Labute approximate surface area is 68.2 Å². The fraction of sp³-hybridized carbons (Fsp3) is 1.00. The van der Waals surface area contributed by atoms with Crippen molar-refractivity contribution in [1.82, 2.24) is 0 Å². The van der Waals surface area contributed by atoms with Gasteiger partial charge in [0, 0.05) is 6.61 Å². The number of aliphatic hydroxyl groups is 2. The molecule has 11 heavy (non-hydrogen) atoms. The van der Waals surface area contributed by atoms with Crippen molar-refractivity contribution in [2.24, 2.45) is 5.92 Å². The Balaban J connectivity index is 2.12. The summed E-state index contributed by atoms with van der Waals surface area (Å²) in [6.07, 6.45) is 4.99. The zero-order chi connectivity index (χ0) is 8.32. The largest absolute Gasteiger partial charge is 0.396 e. The minimum Gasteiger partial charge on any atom is -0.396 e. The first kappa shape index (κ1) is 9.01. The molecule has 1 unspecified atom stereocenters. The highest BCUT2D eigenvalue weighted by Gasteiger charge is 2.38. The monoisotopic (exact) mass is 158 g/mol. The third-order valence-electron chi connectivity index (χ3n) is 2.55. The van der Waals surface area contributed by atoms with E-state index in [1.165, 1.54) is 12.8 Å². The zero-order valence-electron chi connectivity index (χ0n) is 7.21. The van der Waals surface area contributed by atoms with Crippen molar-refractivity contribution < 1.29 is 10.2 Å². The summed E-state index contributed by atoms with van der Waals surface area (Å²) in [5.74, 6) is 0.543. The summed E-state index contributed by atoms with van der Waals surface area (Å²) >= 11 is 0. The highest BCUT2D eigenvalue weighted by molar-refractivity contribution is 4.90. The number of rotatable bonds is 5. The maximum Gasteiger partial charge on any atom is 0.0647 e. The molecule has 0 radical (unpaired) electrons. The van der Waals surface area contributed by atoms with Crippen molar-refractivity contribution in [2.45, 2.75) is 44.6 Å². The Morgan fingerprint density at radius 1 is 1.36 bits per heavy atom. The lowest BCUT2D eigenvalue weighted by Gasteiger charge is -2.22. The number of hydrogen-bond donors (Lipinski definition) is 2. The van der Waals surface area contributed by atoms with E-state index in [0.29, 0.717) is 5.92 Å². The summed E-state index contributed by atoms with van der Waals surface area (Å²) in [5, 5.41) is 18.3. The van der Waals surface area contributed by atoms with Gasteiger partial charge in [0.2, 0.25) is 0 Å². The van der Waals surface area contributed by atoms with Gasteiger partial charge in [-0.05, 0) is 44.9 Å². The van der Waals surface area contributed by atoms with Crippen LogP contribution in [0.15, 0.2) is 0 Å². The lowest BCUT2D eigenvalue weighted by atomic mass is 9.94. The standard InChI is InChI=1S/C9H18O2/c1-9(11,8-4-5-8)6-2-3-7-10/h8,10-11H,2-7H2,1H3. The van der Waals surface area contributed by atoms with E-state index in [9.17, 15) is 5.11 Å². The SMILES string of the molecule is CC(O)(CCCCO)C1CC1. The fourth-order valence-electron chi connectivity index (χ4n) is 1.50. The van der Waals surface area contributed by atoms with Gasteiger partial charge in [-0.2, -0.15) is 0 Å². The highest BCUT2D eigenvalue weighted by atomic mass is 16.3.